The van der Waals surface area contributed by atoms with Gasteiger partial charge in [0.1, 0.15) is 0 Å². The molecule has 1 unspecified atom stereocenters. The van der Waals surface area contributed by atoms with Crippen LogP contribution in [0, 0.1) is 0 Å². The Bertz CT molecular complexity index is 490. The van der Waals surface area contributed by atoms with Crippen molar-refractivity contribution in [3.05, 3.63) is 65.7 Å². The smallest absolute Gasteiger partial charge is 0.0347 e. The first-order valence-electron chi connectivity index (χ1n) is 6.23. The second-order valence-electron chi connectivity index (χ2n) is 4.51. The summed E-state index contributed by atoms with van der Waals surface area (Å²) in [5.41, 5.74) is 3.10. The van der Waals surface area contributed by atoms with Crippen LogP contribution in [0.1, 0.15) is 29.2 Å². The molecule has 0 aliphatic heterocycles. The van der Waals surface area contributed by atoms with Gasteiger partial charge in [0, 0.05) is 10.1 Å². The first kappa shape index (κ1) is 10.9. The van der Waals surface area contributed by atoms with Gasteiger partial charge in [0.05, 0.1) is 0 Å². The quantitative estimate of drug-likeness (QED) is 0.722. The number of thioether (sulfide) groups is 1. The number of fused-ring (bicyclic) bond motifs is 1. The van der Waals surface area contributed by atoms with Crippen LogP contribution in [0.15, 0.2) is 59.5 Å². The van der Waals surface area contributed by atoms with Crippen LogP contribution in [-0.4, -0.2) is 0 Å². The molecule has 1 aliphatic rings. The molecule has 0 bridgehead atoms. The molecule has 0 N–H and O–H groups in total. The summed E-state index contributed by atoms with van der Waals surface area (Å²) in [4.78, 5) is 1.38. The van der Waals surface area contributed by atoms with Crippen molar-refractivity contribution in [2.45, 2.75) is 29.4 Å². The predicted octanol–water partition coefficient (Wildman–Crippen LogP) is 4.86. The Labute approximate surface area is 107 Å². The topological polar surface area (TPSA) is 0 Å². The van der Waals surface area contributed by atoms with Gasteiger partial charge in [-0.3, -0.25) is 0 Å². The number of rotatable bonds is 2. The van der Waals surface area contributed by atoms with Gasteiger partial charge in [0.25, 0.3) is 0 Å². The molecule has 1 heteroatoms. The van der Waals surface area contributed by atoms with Gasteiger partial charge in [-0.05, 0) is 42.5 Å². The molecule has 3 rings (SSSR count). The Morgan fingerprint density at radius 1 is 0.882 bits per heavy atom. The average Bonchev–Trinajstić information content (AvgIpc) is 2.40. The summed E-state index contributed by atoms with van der Waals surface area (Å²) in [6.07, 6.45) is 3.88. The van der Waals surface area contributed by atoms with E-state index in [9.17, 15) is 0 Å². The standard InChI is InChI=1S/C16H16S/c1-2-9-14(10-3-1)17-16-12-6-8-13-7-4-5-11-15(13)16/h1-5,7,9-11,16H,6,8,12H2. The average molecular weight is 240 g/mol. The van der Waals surface area contributed by atoms with Crippen LogP contribution in [-0.2, 0) is 6.42 Å². The second kappa shape index (κ2) is 4.97. The van der Waals surface area contributed by atoms with E-state index in [4.69, 9.17) is 0 Å². The van der Waals surface area contributed by atoms with Crippen molar-refractivity contribution in [3.8, 4) is 0 Å². The molecule has 17 heavy (non-hydrogen) atoms. The van der Waals surface area contributed by atoms with Crippen LogP contribution in [0.2, 0.25) is 0 Å². The monoisotopic (exact) mass is 240 g/mol. The zero-order valence-corrected chi connectivity index (χ0v) is 10.6. The second-order valence-corrected chi connectivity index (χ2v) is 5.79. The van der Waals surface area contributed by atoms with Crippen molar-refractivity contribution in [3.63, 3.8) is 0 Å². The molecule has 0 saturated heterocycles. The fraction of sp³-hybridized carbons (Fsp3) is 0.250. The van der Waals surface area contributed by atoms with Crippen molar-refractivity contribution in [1.29, 1.82) is 0 Å². The SMILES string of the molecule is c1ccc(SC2CCCc3ccccc32)cc1. The lowest BCUT2D eigenvalue weighted by atomic mass is 9.91. The molecule has 1 aliphatic carbocycles. The fourth-order valence-electron chi connectivity index (χ4n) is 2.50. The minimum Gasteiger partial charge on any atom is -0.118 e. The van der Waals surface area contributed by atoms with E-state index in [1.165, 1.54) is 24.2 Å². The van der Waals surface area contributed by atoms with Gasteiger partial charge in [-0.2, -0.15) is 0 Å². The zero-order valence-electron chi connectivity index (χ0n) is 9.80. The molecular formula is C16H16S. The minimum atomic E-state index is 0.641. The Kier molecular flexibility index (Phi) is 3.19. The van der Waals surface area contributed by atoms with Gasteiger partial charge in [0.2, 0.25) is 0 Å². The van der Waals surface area contributed by atoms with Crippen molar-refractivity contribution in [2.24, 2.45) is 0 Å². The maximum absolute atomic E-state index is 2.30. The minimum absolute atomic E-state index is 0.641. The lowest BCUT2D eigenvalue weighted by molar-refractivity contribution is 0.674. The molecule has 0 nitrogen and oxygen atoms in total. The van der Waals surface area contributed by atoms with Crippen LogP contribution in [0.25, 0.3) is 0 Å². The molecule has 86 valence electrons. The van der Waals surface area contributed by atoms with E-state index in [-0.39, 0.29) is 0 Å². The Balaban J connectivity index is 1.86. The van der Waals surface area contributed by atoms with Gasteiger partial charge >= 0.3 is 0 Å². The number of benzene rings is 2. The highest BCUT2D eigenvalue weighted by Gasteiger charge is 2.20. The third-order valence-electron chi connectivity index (χ3n) is 3.34. The molecular weight excluding hydrogens is 224 g/mol. The Hall–Kier alpha value is -1.21. The van der Waals surface area contributed by atoms with Crippen molar-refractivity contribution in [2.75, 3.05) is 0 Å². The normalized spacial score (nSPS) is 18.7. The van der Waals surface area contributed by atoms with E-state index in [1.807, 2.05) is 11.8 Å². The summed E-state index contributed by atoms with van der Waals surface area (Å²) in [6.45, 7) is 0. The van der Waals surface area contributed by atoms with Crippen LogP contribution < -0.4 is 0 Å². The molecule has 2 aromatic carbocycles. The van der Waals surface area contributed by atoms with Crippen LogP contribution >= 0.6 is 11.8 Å². The van der Waals surface area contributed by atoms with Gasteiger partial charge in [-0.15, -0.1) is 11.8 Å². The summed E-state index contributed by atoms with van der Waals surface area (Å²) in [6, 6.07) is 19.7. The summed E-state index contributed by atoms with van der Waals surface area (Å²) >= 11 is 2.01. The first-order valence-corrected chi connectivity index (χ1v) is 7.11. The summed E-state index contributed by atoms with van der Waals surface area (Å²) in [5, 5.41) is 0.641. The molecule has 0 saturated carbocycles. The molecule has 1 atom stereocenters. The molecule has 0 spiro atoms. The Morgan fingerprint density at radius 2 is 1.65 bits per heavy atom. The fourth-order valence-corrected chi connectivity index (χ4v) is 3.78. The van der Waals surface area contributed by atoms with Gasteiger partial charge in [-0.25, -0.2) is 0 Å². The highest BCUT2D eigenvalue weighted by molar-refractivity contribution is 7.99. The van der Waals surface area contributed by atoms with E-state index < -0.39 is 0 Å². The summed E-state index contributed by atoms with van der Waals surface area (Å²) in [7, 11) is 0. The molecule has 0 heterocycles. The van der Waals surface area contributed by atoms with E-state index in [2.05, 4.69) is 54.6 Å². The molecule has 0 radical (unpaired) electrons. The maximum atomic E-state index is 2.30. The van der Waals surface area contributed by atoms with E-state index >= 15 is 0 Å². The summed E-state index contributed by atoms with van der Waals surface area (Å²) < 4.78 is 0. The maximum Gasteiger partial charge on any atom is 0.0347 e. The third-order valence-corrected chi connectivity index (χ3v) is 4.65. The third kappa shape index (κ3) is 2.39. The highest BCUT2D eigenvalue weighted by Crippen LogP contribution is 2.42. The zero-order chi connectivity index (χ0) is 11.5. The van der Waals surface area contributed by atoms with Crippen LogP contribution in [0.4, 0.5) is 0 Å². The number of hydrogen-bond donors (Lipinski definition) is 0. The predicted molar refractivity (Wildman–Crippen MR) is 74.4 cm³/mol. The van der Waals surface area contributed by atoms with Gasteiger partial charge < -0.3 is 0 Å². The van der Waals surface area contributed by atoms with E-state index in [0.717, 1.165) is 0 Å². The number of hydrogen-bond acceptors (Lipinski definition) is 1. The lowest BCUT2D eigenvalue weighted by Gasteiger charge is -2.24. The van der Waals surface area contributed by atoms with Gasteiger partial charge in [-0.1, -0.05) is 42.5 Å². The van der Waals surface area contributed by atoms with Gasteiger partial charge in [0.15, 0.2) is 0 Å². The molecule has 0 aromatic heterocycles. The summed E-state index contributed by atoms with van der Waals surface area (Å²) in [5.74, 6) is 0. The molecule has 2 aromatic rings. The van der Waals surface area contributed by atoms with Crippen molar-refractivity contribution < 1.29 is 0 Å². The van der Waals surface area contributed by atoms with Crippen LogP contribution in [0.5, 0.6) is 0 Å². The van der Waals surface area contributed by atoms with E-state index in [1.54, 1.807) is 11.1 Å². The highest BCUT2D eigenvalue weighted by atomic mass is 32.2. The van der Waals surface area contributed by atoms with Crippen LogP contribution in [0.3, 0.4) is 0 Å². The van der Waals surface area contributed by atoms with E-state index in [0.29, 0.717) is 5.25 Å². The largest absolute Gasteiger partial charge is 0.118 e. The van der Waals surface area contributed by atoms with Crippen molar-refractivity contribution >= 4 is 11.8 Å². The number of aryl methyl sites for hydroxylation is 1. The Morgan fingerprint density at radius 3 is 2.53 bits per heavy atom. The first-order chi connectivity index (χ1) is 8.43. The van der Waals surface area contributed by atoms with Crippen molar-refractivity contribution in [1.82, 2.24) is 0 Å². The molecule has 0 amide bonds. The lowest BCUT2D eigenvalue weighted by Crippen LogP contribution is -2.06. The molecule has 0 fully saturated rings.